The normalized spacial score (nSPS) is 10.4. The second kappa shape index (κ2) is 5.12. The Morgan fingerprint density at radius 1 is 0.944 bits per heavy atom. The molecule has 0 unspecified atom stereocenters. The largest absolute Gasteiger partial charge is 0.379 e. The molecule has 0 bridgehead atoms. The minimum atomic E-state index is -0.644. The Hall–Kier alpha value is -1.97. The Morgan fingerprint density at radius 2 is 1.61 bits per heavy atom. The van der Waals surface area contributed by atoms with Gasteiger partial charge in [0.1, 0.15) is 17.5 Å². The molecule has 18 heavy (non-hydrogen) atoms. The summed E-state index contributed by atoms with van der Waals surface area (Å²) in [5.74, 6) is -1.56. The number of aryl methyl sites for hydroxylation is 1. The van der Waals surface area contributed by atoms with E-state index in [0.717, 1.165) is 17.2 Å². The number of anilines is 1. The minimum Gasteiger partial charge on any atom is -0.379 e. The lowest BCUT2D eigenvalue weighted by atomic mass is 10.1. The molecule has 0 atom stereocenters. The number of rotatable bonds is 3. The molecule has 0 amide bonds. The monoisotopic (exact) mass is 251 g/mol. The zero-order valence-electron chi connectivity index (χ0n) is 9.81. The molecule has 0 heterocycles. The number of nitrogens with one attached hydrogen (secondary N) is 1. The van der Waals surface area contributed by atoms with Crippen LogP contribution in [0, 0.1) is 24.4 Å². The summed E-state index contributed by atoms with van der Waals surface area (Å²) >= 11 is 0. The van der Waals surface area contributed by atoms with Crippen LogP contribution in [-0.2, 0) is 6.54 Å². The maximum absolute atomic E-state index is 13.4. The Kier molecular flexibility index (Phi) is 3.55. The molecule has 1 nitrogen and oxygen atoms in total. The topological polar surface area (TPSA) is 12.0 Å². The van der Waals surface area contributed by atoms with Gasteiger partial charge in [-0.3, -0.25) is 0 Å². The van der Waals surface area contributed by atoms with E-state index in [1.807, 2.05) is 0 Å². The van der Waals surface area contributed by atoms with Crippen molar-refractivity contribution in [1.29, 1.82) is 0 Å². The van der Waals surface area contributed by atoms with Crippen molar-refractivity contribution in [1.82, 2.24) is 0 Å². The summed E-state index contributed by atoms with van der Waals surface area (Å²) < 4.78 is 39.0. The molecule has 2 rings (SSSR count). The van der Waals surface area contributed by atoms with Crippen LogP contribution in [0.3, 0.4) is 0 Å². The maximum atomic E-state index is 13.4. The van der Waals surface area contributed by atoms with Crippen molar-refractivity contribution >= 4 is 5.69 Å². The van der Waals surface area contributed by atoms with E-state index in [1.54, 1.807) is 13.0 Å². The first-order chi connectivity index (χ1) is 8.56. The van der Waals surface area contributed by atoms with Gasteiger partial charge in [-0.15, -0.1) is 0 Å². The predicted octanol–water partition coefficient (Wildman–Crippen LogP) is 4.02. The van der Waals surface area contributed by atoms with Crippen molar-refractivity contribution in [3.05, 3.63) is 65.0 Å². The molecule has 0 fully saturated rings. The van der Waals surface area contributed by atoms with Crippen molar-refractivity contribution in [2.75, 3.05) is 5.32 Å². The zero-order chi connectivity index (χ0) is 13.1. The summed E-state index contributed by atoms with van der Waals surface area (Å²) in [5.41, 5.74) is 1.87. The van der Waals surface area contributed by atoms with Crippen LogP contribution < -0.4 is 5.32 Å². The van der Waals surface area contributed by atoms with E-state index < -0.39 is 11.6 Å². The minimum absolute atomic E-state index is 0.222. The van der Waals surface area contributed by atoms with Crippen LogP contribution >= 0.6 is 0 Å². The van der Waals surface area contributed by atoms with E-state index in [0.29, 0.717) is 6.54 Å². The van der Waals surface area contributed by atoms with Gasteiger partial charge in [-0.2, -0.15) is 0 Å². The van der Waals surface area contributed by atoms with Crippen molar-refractivity contribution in [2.24, 2.45) is 0 Å². The van der Waals surface area contributed by atoms with Gasteiger partial charge in [-0.05, 0) is 42.3 Å². The Morgan fingerprint density at radius 3 is 2.28 bits per heavy atom. The molecule has 0 aliphatic carbocycles. The van der Waals surface area contributed by atoms with Gasteiger partial charge < -0.3 is 5.32 Å². The molecule has 2 aromatic rings. The highest BCUT2D eigenvalue weighted by Gasteiger charge is 2.04. The molecule has 2 aromatic carbocycles. The van der Waals surface area contributed by atoms with Gasteiger partial charge in [-0.25, -0.2) is 13.2 Å². The summed E-state index contributed by atoms with van der Waals surface area (Å²) in [6, 6.07) is 7.74. The average Bonchev–Trinajstić information content (AvgIpc) is 2.30. The summed E-state index contributed by atoms with van der Waals surface area (Å²) in [4.78, 5) is 0. The molecule has 0 radical (unpaired) electrons. The van der Waals surface area contributed by atoms with Gasteiger partial charge >= 0.3 is 0 Å². The lowest BCUT2D eigenvalue weighted by molar-refractivity contribution is 0.585. The van der Waals surface area contributed by atoms with Crippen molar-refractivity contribution in [2.45, 2.75) is 13.5 Å². The smallest absolute Gasteiger partial charge is 0.149 e. The highest BCUT2D eigenvalue weighted by molar-refractivity contribution is 5.45. The van der Waals surface area contributed by atoms with Crippen LogP contribution in [0.15, 0.2) is 36.4 Å². The average molecular weight is 251 g/mol. The molecule has 0 spiro atoms. The Bertz CT molecular complexity index is 515. The van der Waals surface area contributed by atoms with Crippen LogP contribution in [0.1, 0.15) is 11.1 Å². The maximum Gasteiger partial charge on any atom is 0.149 e. The first-order valence-corrected chi connectivity index (χ1v) is 5.50. The molecule has 0 aromatic heterocycles. The second-order valence-corrected chi connectivity index (χ2v) is 4.05. The molecular weight excluding hydrogens is 239 g/mol. The molecule has 94 valence electrons. The summed E-state index contributed by atoms with van der Waals surface area (Å²) in [7, 11) is 0. The third-order valence-electron chi connectivity index (χ3n) is 2.71. The van der Waals surface area contributed by atoms with Crippen LogP contribution in [0.2, 0.25) is 0 Å². The van der Waals surface area contributed by atoms with Gasteiger partial charge in [0.2, 0.25) is 0 Å². The zero-order valence-corrected chi connectivity index (χ0v) is 9.81. The predicted molar refractivity (Wildman–Crippen MR) is 64.8 cm³/mol. The van der Waals surface area contributed by atoms with Crippen LogP contribution in [-0.4, -0.2) is 0 Å². The molecule has 4 heteroatoms. The number of halogens is 3. The molecule has 0 aliphatic heterocycles. The van der Waals surface area contributed by atoms with E-state index in [-0.39, 0.29) is 11.5 Å². The highest BCUT2D eigenvalue weighted by Crippen LogP contribution is 2.17. The Balaban J connectivity index is 2.11. The number of hydrogen-bond acceptors (Lipinski definition) is 1. The fourth-order valence-corrected chi connectivity index (χ4v) is 1.68. The summed E-state index contributed by atoms with van der Waals surface area (Å²) in [6.07, 6.45) is 0. The lowest BCUT2D eigenvalue weighted by Gasteiger charge is -2.10. The SMILES string of the molecule is Cc1cc(F)ccc1CNc1ccc(F)cc1F. The van der Waals surface area contributed by atoms with Crippen molar-refractivity contribution in [3.63, 3.8) is 0 Å². The number of benzene rings is 2. The van der Waals surface area contributed by atoms with Gasteiger partial charge in [0.05, 0.1) is 5.69 Å². The summed E-state index contributed by atoms with van der Waals surface area (Å²) in [5, 5.41) is 2.85. The second-order valence-electron chi connectivity index (χ2n) is 4.05. The van der Waals surface area contributed by atoms with Crippen molar-refractivity contribution < 1.29 is 13.2 Å². The van der Waals surface area contributed by atoms with Gasteiger partial charge in [-0.1, -0.05) is 6.07 Å². The standard InChI is InChI=1S/C14H12F3N/c1-9-6-11(15)3-2-10(9)8-18-14-5-4-12(16)7-13(14)17/h2-7,18H,8H2,1H3. The molecule has 0 aliphatic rings. The van der Waals surface area contributed by atoms with Crippen LogP contribution in [0.4, 0.5) is 18.9 Å². The first-order valence-electron chi connectivity index (χ1n) is 5.50. The Labute approximate surface area is 103 Å². The van der Waals surface area contributed by atoms with E-state index in [4.69, 9.17) is 0 Å². The van der Waals surface area contributed by atoms with E-state index in [2.05, 4.69) is 5.32 Å². The third-order valence-corrected chi connectivity index (χ3v) is 2.71. The molecule has 0 saturated carbocycles. The first kappa shape index (κ1) is 12.5. The molecular formula is C14H12F3N. The van der Waals surface area contributed by atoms with E-state index >= 15 is 0 Å². The summed E-state index contributed by atoms with van der Waals surface area (Å²) in [6.45, 7) is 2.13. The number of hydrogen-bond donors (Lipinski definition) is 1. The van der Waals surface area contributed by atoms with Crippen molar-refractivity contribution in [3.8, 4) is 0 Å². The van der Waals surface area contributed by atoms with Crippen LogP contribution in [0.5, 0.6) is 0 Å². The fraction of sp³-hybridized carbons (Fsp3) is 0.143. The van der Waals surface area contributed by atoms with E-state index in [1.165, 1.54) is 24.3 Å². The quantitative estimate of drug-likeness (QED) is 0.868. The van der Waals surface area contributed by atoms with Crippen LogP contribution in [0.25, 0.3) is 0 Å². The highest BCUT2D eigenvalue weighted by atomic mass is 19.1. The lowest BCUT2D eigenvalue weighted by Crippen LogP contribution is -2.03. The van der Waals surface area contributed by atoms with Gasteiger partial charge in [0, 0.05) is 12.6 Å². The van der Waals surface area contributed by atoms with E-state index in [9.17, 15) is 13.2 Å². The third kappa shape index (κ3) is 2.83. The van der Waals surface area contributed by atoms with Gasteiger partial charge in [0.25, 0.3) is 0 Å². The fourth-order valence-electron chi connectivity index (χ4n) is 1.68. The van der Waals surface area contributed by atoms with Gasteiger partial charge in [0.15, 0.2) is 0 Å². The molecule has 1 N–H and O–H groups in total. The molecule has 0 saturated heterocycles.